The van der Waals surface area contributed by atoms with Crippen molar-refractivity contribution in [2.45, 2.75) is 6.54 Å². The van der Waals surface area contributed by atoms with E-state index in [0.717, 1.165) is 11.0 Å². The van der Waals surface area contributed by atoms with E-state index in [1.807, 2.05) is 40.4 Å². The summed E-state index contributed by atoms with van der Waals surface area (Å²) in [5.74, 6) is 1.06. The summed E-state index contributed by atoms with van der Waals surface area (Å²) in [6.45, 7) is 1.10. The second-order valence-corrected chi connectivity index (χ2v) is 4.86. The summed E-state index contributed by atoms with van der Waals surface area (Å²) < 4.78 is 22.4. The van der Waals surface area contributed by atoms with Gasteiger partial charge in [-0.25, -0.2) is 13.5 Å². The number of benzene rings is 2. The van der Waals surface area contributed by atoms with Crippen molar-refractivity contribution in [1.82, 2.24) is 4.57 Å². The minimum absolute atomic E-state index is 0.268. The molecule has 0 atom stereocenters. The number of hydrogen-bond acceptors (Lipinski definition) is 2. The Balaban J connectivity index is 1.76. The second-order valence-electron chi connectivity index (χ2n) is 4.86. The first kappa shape index (κ1) is 13.4. The topological polar surface area (TPSA) is 44.1 Å². The van der Waals surface area contributed by atoms with Gasteiger partial charge in [0.05, 0.1) is 7.05 Å². The van der Waals surface area contributed by atoms with Crippen LogP contribution in [-0.2, 0) is 13.6 Å². The van der Waals surface area contributed by atoms with Gasteiger partial charge in [0.25, 0.3) is 0 Å². The number of aryl methyl sites for hydroxylation is 1. The van der Waals surface area contributed by atoms with Crippen molar-refractivity contribution >= 4 is 17.0 Å². The van der Waals surface area contributed by atoms with E-state index in [4.69, 9.17) is 10.5 Å². The number of nitrogens with zero attached hydrogens (tertiary/aromatic N) is 2. The van der Waals surface area contributed by atoms with Crippen molar-refractivity contribution in [3.63, 3.8) is 0 Å². The number of para-hydroxylation sites is 2. The molecule has 0 unspecified atom stereocenters. The van der Waals surface area contributed by atoms with E-state index >= 15 is 0 Å². The van der Waals surface area contributed by atoms with Crippen LogP contribution < -0.4 is 15.0 Å². The Labute approximate surface area is 122 Å². The van der Waals surface area contributed by atoms with Crippen molar-refractivity contribution < 1.29 is 13.7 Å². The number of rotatable bonds is 4. The zero-order valence-corrected chi connectivity index (χ0v) is 11.8. The van der Waals surface area contributed by atoms with Crippen LogP contribution in [0, 0.1) is 5.82 Å². The van der Waals surface area contributed by atoms with Crippen molar-refractivity contribution in [3.05, 3.63) is 54.3 Å². The Morgan fingerprint density at radius 3 is 2.62 bits per heavy atom. The van der Waals surface area contributed by atoms with Crippen LogP contribution in [0.2, 0.25) is 0 Å². The van der Waals surface area contributed by atoms with E-state index in [2.05, 4.69) is 0 Å². The molecule has 0 spiro atoms. The second kappa shape index (κ2) is 5.44. The normalized spacial score (nSPS) is 11.0. The minimum Gasteiger partial charge on any atom is -0.490 e. The lowest BCUT2D eigenvalue weighted by atomic mass is 10.3. The number of hydrogen-bond donors (Lipinski definition) is 1. The van der Waals surface area contributed by atoms with Crippen LogP contribution in [0.4, 0.5) is 10.3 Å². The fourth-order valence-corrected chi connectivity index (χ4v) is 2.42. The molecule has 2 N–H and O–H groups in total. The number of fused-ring (bicyclic) bond motifs is 1. The SMILES string of the molecule is C[n+]1c(N)n(CCOc2ccc(F)cc2)c2ccccc21. The third-order valence-corrected chi connectivity index (χ3v) is 3.55. The van der Waals surface area contributed by atoms with Crippen LogP contribution in [0.15, 0.2) is 48.5 Å². The number of halogens is 1. The molecule has 1 aromatic heterocycles. The van der Waals surface area contributed by atoms with Crippen molar-refractivity contribution in [2.24, 2.45) is 7.05 Å². The maximum atomic E-state index is 12.8. The highest BCUT2D eigenvalue weighted by atomic mass is 19.1. The summed E-state index contributed by atoms with van der Waals surface area (Å²) in [4.78, 5) is 0. The van der Waals surface area contributed by atoms with Crippen LogP contribution in [0.1, 0.15) is 0 Å². The summed E-state index contributed by atoms with van der Waals surface area (Å²) in [5.41, 5.74) is 8.29. The fraction of sp³-hybridized carbons (Fsp3) is 0.188. The average Bonchev–Trinajstić information content (AvgIpc) is 2.75. The molecule has 3 aromatic rings. The molecular formula is C16H17FN3O+. The average molecular weight is 286 g/mol. The standard InChI is InChI=1S/C16H16FN3O/c1-19-14-4-2-3-5-15(14)20(16(19)18)10-11-21-13-8-6-12(17)7-9-13/h2-9,18H,10-11H2,1H3/p+1. The largest absolute Gasteiger partial charge is 0.490 e. The summed E-state index contributed by atoms with van der Waals surface area (Å²) in [6, 6.07) is 14.0. The predicted molar refractivity (Wildman–Crippen MR) is 79.4 cm³/mol. The molecule has 21 heavy (non-hydrogen) atoms. The van der Waals surface area contributed by atoms with Crippen LogP contribution in [0.25, 0.3) is 11.0 Å². The predicted octanol–water partition coefficient (Wildman–Crippen LogP) is 2.27. The molecule has 4 nitrogen and oxygen atoms in total. The minimum atomic E-state index is -0.268. The summed E-state index contributed by atoms with van der Waals surface area (Å²) in [5, 5.41) is 0. The molecule has 0 saturated carbocycles. The van der Waals surface area contributed by atoms with E-state index in [9.17, 15) is 4.39 Å². The van der Waals surface area contributed by atoms with E-state index in [1.165, 1.54) is 12.1 Å². The fourth-order valence-electron chi connectivity index (χ4n) is 2.42. The molecule has 3 rings (SSSR count). The molecular weight excluding hydrogens is 269 g/mol. The number of imidazole rings is 1. The molecule has 2 aromatic carbocycles. The van der Waals surface area contributed by atoms with Gasteiger partial charge < -0.3 is 4.74 Å². The van der Waals surface area contributed by atoms with Gasteiger partial charge in [-0.05, 0) is 36.4 Å². The zero-order valence-electron chi connectivity index (χ0n) is 11.8. The molecule has 0 fully saturated rings. The Kier molecular flexibility index (Phi) is 3.48. The van der Waals surface area contributed by atoms with Gasteiger partial charge in [-0.1, -0.05) is 12.1 Å². The first-order valence-corrected chi connectivity index (χ1v) is 6.78. The Morgan fingerprint density at radius 1 is 1.14 bits per heavy atom. The molecule has 0 radical (unpaired) electrons. The zero-order chi connectivity index (χ0) is 14.8. The molecule has 0 aliphatic carbocycles. The van der Waals surface area contributed by atoms with Gasteiger partial charge in [0.2, 0.25) is 0 Å². The van der Waals surface area contributed by atoms with Gasteiger partial charge in [-0.15, -0.1) is 0 Å². The molecule has 0 bridgehead atoms. The van der Waals surface area contributed by atoms with Crippen LogP contribution in [0.5, 0.6) is 5.75 Å². The van der Waals surface area contributed by atoms with Gasteiger partial charge in [-0.3, -0.25) is 5.73 Å². The van der Waals surface area contributed by atoms with Gasteiger partial charge >= 0.3 is 5.95 Å². The smallest absolute Gasteiger partial charge is 0.355 e. The van der Waals surface area contributed by atoms with E-state index in [1.54, 1.807) is 12.1 Å². The number of nitrogens with two attached hydrogens (primary N) is 1. The quantitative estimate of drug-likeness (QED) is 0.748. The summed E-state index contributed by atoms with van der Waals surface area (Å²) in [7, 11) is 1.94. The number of aromatic nitrogens is 2. The first-order chi connectivity index (χ1) is 10.2. The van der Waals surface area contributed by atoms with Gasteiger partial charge in [0.15, 0.2) is 0 Å². The third kappa shape index (κ3) is 2.54. The lowest BCUT2D eigenvalue weighted by molar-refractivity contribution is -0.630. The Bertz CT molecular complexity index is 765. The Hall–Kier alpha value is -2.56. The summed E-state index contributed by atoms with van der Waals surface area (Å²) in [6.07, 6.45) is 0. The number of nitrogen functional groups attached to an aromatic ring is 1. The molecule has 0 aliphatic rings. The van der Waals surface area contributed by atoms with Gasteiger partial charge in [0, 0.05) is 0 Å². The lowest BCUT2D eigenvalue weighted by Gasteiger charge is -2.05. The van der Waals surface area contributed by atoms with Crippen LogP contribution in [0.3, 0.4) is 0 Å². The highest BCUT2D eigenvalue weighted by molar-refractivity contribution is 5.73. The first-order valence-electron chi connectivity index (χ1n) is 6.78. The van der Waals surface area contributed by atoms with Crippen LogP contribution >= 0.6 is 0 Å². The van der Waals surface area contributed by atoms with Crippen molar-refractivity contribution in [3.8, 4) is 5.75 Å². The maximum absolute atomic E-state index is 12.8. The molecule has 1 heterocycles. The maximum Gasteiger partial charge on any atom is 0.355 e. The third-order valence-electron chi connectivity index (χ3n) is 3.55. The molecule has 5 heteroatoms. The van der Waals surface area contributed by atoms with Crippen molar-refractivity contribution in [2.75, 3.05) is 12.3 Å². The highest BCUT2D eigenvalue weighted by Gasteiger charge is 2.17. The van der Waals surface area contributed by atoms with Gasteiger partial charge in [-0.2, -0.15) is 0 Å². The van der Waals surface area contributed by atoms with Crippen LogP contribution in [-0.4, -0.2) is 11.2 Å². The summed E-state index contributed by atoms with van der Waals surface area (Å²) >= 11 is 0. The van der Waals surface area contributed by atoms with E-state index in [-0.39, 0.29) is 5.82 Å². The van der Waals surface area contributed by atoms with Crippen molar-refractivity contribution in [1.29, 1.82) is 0 Å². The van der Waals surface area contributed by atoms with E-state index < -0.39 is 0 Å². The lowest BCUT2D eigenvalue weighted by Crippen LogP contribution is -2.31. The Morgan fingerprint density at radius 2 is 1.86 bits per heavy atom. The van der Waals surface area contributed by atoms with Gasteiger partial charge in [0.1, 0.15) is 35.8 Å². The molecule has 0 amide bonds. The molecule has 0 saturated heterocycles. The number of ether oxygens (including phenoxy) is 1. The van der Waals surface area contributed by atoms with E-state index in [0.29, 0.717) is 24.8 Å². The molecule has 108 valence electrons. The monoisotopic (exact) mass is 286 g/mol. The highest BCUT2D eigenvalue weighted by Crippen LogP contribution is 2.16. The number of anilines is 1. The molecule has 0 aliphatic heterocycles.